The summed E-state index contributed by atoms with van der Waals surface area (Å²) in [6.07, 6.45) is 1.19. The minimum absolute atomic E-state index is 0.110. The molecule has 0 spiro atoms. The van der Waals surface area contributed by atoms with Crippen LogP contribution in [0.2, 0.25) is 0 Å². The van der Waals surface area contributed by atoms with Crippen LogP contribution < -0.4 is 4.74 Å². The van der Waals surface area contributed by atoms with Gasteiger partial charge in [0.15, 0.2) is 5.76 Å². The highest BCUT2D eigenvalue weighted by Crippen LogP contribution is 2.39. The Kier molecular flexibility index (Phi) is 6.82. The maximum atomic E-state index is 13.1. The van der Waals surface area contributed by atoms with Crippen LogP contribution in [-0.4, -0.2) is 50.2 Å². The van der Waals surface area contributed by atoms with Gasteiger partial charge < -0.3 is 14.0 Å². The molecule has 0 N–H and O–H groups in total. The van der Waals surface area contributed by atoms with Gasteiger partial charge in [0, 0.05) is 13.1 Å². The van der Waals surface area contributed by atoms with Crippen LogP contribution in [0.25, 0.3) is 0 Å². The zero-order valence-corrected chi connectivity index (χ0v) is 18.4. The lowest BCUT2D eigenvalue weighted by molar-refractivity contribution is -0.159. The van der Waals surface area contributed by atoms with Crippen LogP contribution in [0.15, 0.2) is 39.8 Å². The van der Waals surface area contributed by atoms with E-state index in [1.165, 1.54) is 4.31 Å². The summed E-state index contributed by atoms with van der Waals surface area (Å²) in [6.45, 7) is 6.02. The van der Waals surface area contributed by atoms with Crippen molar-refractivity contribution in [2.24, 2.45) is 5.41 Å². The maximum Gasteiger partial charge on any atom is 0.312 e. The highest BCUT2D eigenvalue weighted by atomic mass is 32.2. The Hall–Kier alpha value is -2.39. The number of sulfonamides is 1. The van der Waals surface area contributed by atoms with Crippen molar-refractivity contribution in [2.45, 2.75) is 44.9 Å². The number of nitrogens with zero attached hydrogens (tertiary/aromatic N) is 2. The Morgan fingerprint density at radius 1 is 1.20 bits per heavy atom. The van der Waals surface area contributed by atoms with Crippen LogP contribution in [0.1, 0.15) is 37.6 Å². The van der Waals surface area contributed by atoms with Crippen LogP contribution in [-0.2, 0) is 19.6 Å². The summed E-state index contributed by atoms with van der Waals surface area (Å²) >= 11 is 0. The molecule has 1 aromatic carbocycles. The topological polar surface area (TPSA) is 98.9 Å². The first-order valence-corrected chi connectivity index (χ1v) is 11.5. The molecule has 1 aliphatic rings. The van der Waals surface area contributed by atoms with Crippen LogP contribution in [0.4, 0.5) is 0 Å². The molecule has 1 fully saturated rings. The number of esters is 1. The number of para-hydroxylation sites is 1. The normalized spacial score (nSPS) is 16.9. The number of carbonyl (C=O) groups excluding carboxylic acids is 1. The van der Waals surface area contributed by atoms with Crippen molar-refractivity contribution in [3.63, 3.8) is 0 Å². The third-order valence-electron chi connectivity index (χ3n) is 5.55. The van der Waals surface area contributed by atoms with Crippen LogP contribution in [0, 0.1) is 19.3 Å². The van der Waals surface area contributed by atoms with E-state index in [1.807, 2.05) is 30.3 Å². The average molecular weight is 437 g/mol. The van der Waals surface area contributed by atoms with E-state index in [-0.39, 0.29) is 36.3 Å². The lowest BCUT2D eigenvalue weighted by Gasteiger charge is -2.39. The van der Waals surface area contributed by atoms with Crippen molar-refractivity contribution in [2.75, 3.05) is 26.3 Å². The second-order valence-electron chi connectivity index (χ2n) is 7.47. The summed E-state index contributed by atoms with van der Waals surface area (Å²) in [4.78, 5) is 12.9. The Morgan fingerprint density at radius 2 is 1.87 bits per heavy atom. The molecular formula is C21H28N2O6S. The van der Waals surface area contributed by atoms with Gasteiger partial charge in [0.2, 0.25) is 10.0 Å². The highest BCUT2D eigenvalue weighted by Gasteiger charge is 2.45. The van der Waals surface area contributed by atoms with Crippen molar-refractivity contribution < 1.29 is 27.2 Å². The lowest BCUT2D eigenvalue weighted by atomic mass is 9.76. The minimum Gasteiger partial charge on any atom is -0.494 e. The van der Waals surface area contributed by atoms with Gasteiger partial charge in [-0.15, -0.1) is 0 Å². The fraction of sp³-hybridized carbons (Fsp3) is 0.524. The molecule has 0 saturated carbocycles. The van der Waals surface area contributed by atoms with Gasteiger partial charge in [-0.1, -0.05) is 23.4 Å². The maximum absolute atomic E-state index is 13.1. The third-order valence-corrected chi connectivity index (χ3v) is 7.69. The Morgan fingerprint density at radius 3 is 2.43 bits per heavy atom. The highest BCUT2D eigenvalue weighted by molar-refractivity contribution is 7.89. The van der Waals surface area contributed by atoms with Crippen molar-refractivity contribution in [1.29, 1.82) is 0 Å². The van der Waals surface area contributed by atoms with Crippen LogP contribution >= 0.6 is 0 Å². The second-order valence-corrected chi connectivity index (χ2v) is 9.34. The van der Waals surface area contributed by atoms with E-state index in [4.69, 9.17) is 14.0 Å². The predicted molar refractivity (Wildman–Crippen MR) is 110 cm³/mol. The smallest absolute Gasteiger partial charge is 0.312 e. The summed E-state index contributed by atoms with van der Waals surface area (Å²) in [5.74, 6) is 0.706. The molecule has 3 rings (SSSR count). The van der Waals surface area contributed by atoms with Gasteiger partial charge in [-0.25, -0.2) is 8.42 Å². The average Bonchev–Trinajstić information content (AvgIpc) is 3.08. The summed E-state index contributed by atoms with van der Waals surface area (Å²) in [5.41, 5.74) is -0.429. The van der Waals surface area contributed by atoms with E-state index < -0.39 is 15.4 Å². The standard InChI is InChI=1S/C21H28N2O6S/c1-4-27-20(24)21(12-15-28-18-8-6-5-7-9-18)10-13-23(14-11-21)30(25,26)19-16(2)22-29-17(19)3/h5-9H,4,10-15H2,1-3H3. The van der Waals surface area contributed by atoms with Gasteiger partial charge in [-0.05, 0) is 52.2 Å². The molecule has 1 aliphatic heterocycles. The van der Waals surface area contributed by atoms with Gasteiger partial charge >= 0.3 is 5.97 Å². The molecule has 0 radical (unpaired) electrons. The Labute approximate surface area is 177 Å². The Bertz CT molecular complexity index is 943. The Balaban J connectivity index is 1.72. The van der Waals surface area contributed by atoms with E-state index in [0.29, 0.717) is 31.6 Å². The zero-order valence-electron chi connectivity index (χ0n) is 17.6. The molecule has 0 unspecified atom stereocenters. The third kappa shape index (κ3) is 4.52. The fourth-order valence-corrected chi connectivity index (χ4v) is 5.58. The van der Waals surface area contributed by atoms with E-state index >= 15 is 0 Å². The molecule has 2 aromatic rings. The zero-order chi connectivity index (χ0) is 21.8. The molecule has 9 heteroatoms. The largest absolute Gasteiger partial charge is 0.494 e. The number of rotatable bonds is 8. The molecule has 0 aliphatic carbocycles. The SMILES string of the molecule is CCOC(=O)C1(CCOc2ccccc2)CCN(S(=O)(=O)c2c(C)noc2C)CC1. The molecule has 1 saturated heterocycles. The van der Waals surface area contributed by atoms with Gasteiger partial charge in [0.1, 0.15) is 16.3 Å². The molecule has 0 atom stereocenters. The van der Waals surface area contributed by atoms with Crippen molar-refractivity contribution in [3.05, 3.63) is 41.8 Å². The number of ether oxygens (including phenoxy) is 2. The minimum atomic E-state index is -3.74. The van der Waals surface area contributed by atoms with Crippen LogP contribution in [0.3, 0.4) is 0 Å². The van der Waals surface area contributed by atoms with E-state index in [0.717, 1.165) is 5.75 Å². The van der Waals surface area contributed by atoms with Gasteiger partial charge in [-0.3, -0.25) is 4.79 Å². The lowest BCUT2D eigenvalue weighted by Crippen LogP contribution is -2.47. The van der Waals surface area contributed by atoms with E-state index in [2.05, 4.69) is 5.16 Å². The van der Waals surface area contributed by atoms with Gasteiger partial charge in [0.25, 0.3) is 0 Å². The molecule has 8 nitrogen and oxygen atoms in total. The quantitative estimate of drug-likeness (QED) is 0.586. The number of hydrogen-bond donors (Lipinski definition) is 0. The van der Waals surface area contributed by atoms with Gasteiger partial charge in [0.05, 0.1) is 18.6 Å². The molecule has 164 valence electrons. The van der Waals surface area contributed by atoms with Crippen molar-refractivity contribution >= 4 is 16.0 Å². The van der Waals surface area contributed by atoms with E-state index in [9.17, 15) is 13.2 Å². The molecule has 2 heterocycles. The predicted octanol–water partition coefficient (Wildman–Crippen LogP) is 3.09. The number of carbonyl (C=O) groups is 1. The first-order valence-electron chi connectivity index (χ1n) is 10.1. The molecule has 0 bridgehead atoms. The monoisotopic (exact) mass is 436 g/mol. The van der Waals surface area contributed by atoms with Crippen LogP contribution in [0.5, 0.6) is 5.75 Å². The molecule has 30 heavy (non-hydrogen) atoms. The molecule has 0 amide bonds. The number of piperidine rings is 1. The first-order chi connectivity index (χ1) is 14.3. The summed E-state index contributed by atoms with van der Waals surface area (Å²) in [5, 5.41) is 3.76. The first kappa shape index (κ1) is 22.3. The van der Waals surface area contributed by atoms with Gasteiger partial charge in [-0.2, -0.15) is 4.31 Å². The molecule has 1 aromatic heterocycles. The fourth-order valence-electron chi connectivity index (χ4n) is 3.85. The second kappa shape index (κ2) is 9.18. The van der Waals surface area contributed by atoms with Crippen molar-refractivity contribution in [3.8, 4) is 5.75 Å². The summed E-state index contributed by atoms with van der Waals surface area (Å²) in [7, 11) is -3.74. The summed E-state index contributed by atoms with van der Waals surface area (Å²) < 4.78 is 43.7. The number of aromatic nitrogens is 1. The van der Waals surface area contributed by atoms with Crippen molar-refractivity contribution in [1.82, 2.24) is 9.46 Å². The number of hydrogen-bond acceptors (Lipinski definition) is 7. The number of aryl methyl sites for hydroxylation is 2. The molecular weight excluding hydrogens is 408 g/mol. The summed E-state index contributed by atoms with van der Waals surface area (Å²) in [6, 6.07) is 9.39. The van der Waals surface area contributed by atoms with E-state index in [1.54, 1.807) is 20.8 Å². The number of benzene rings is 1.